The smallest absolute Gasteiger partial charge is 0.207 e. The van der Waals surface area contributed by atoms with Crippen LogP contribution in [-0.4, -0.2) is 33.3 Å². The van der Waals surface area contributed by atoms with Crippen molar-refractivity contribution in [1.82, 2.24) is 14.3 Å². The molecule has 1 aliphatic heterocycles. The van der Waals surface area contributed by atoms with E-state index in [1.807, 2.05) is 48.7 Å². The number of para-hydroxylation sites is 1. The van der Waals surface area contributed by atoms with Gasteiger partial charge in [0.25, 0.3) is 0 Å². The molecule has 1 aliphatic rings. The molecule has 3 heterocycles. The summed E-state index contributed by atoms with van der Waals surface area (Å²) < 4.78 is 14.9. The van der Waals surface area contributed by atoms with Gasteiger partial charge in [-0.3, -0.25) is 14.3 Å². The topological polar surface area (TPSA) is 75.4 Å². The first-order valence-corrected chi connectivity index (χ1v) is 10.1. The lowest BCUT2D eigenvalue weighted by molar-refractivity contribution is 0.0968. The molecule has 0 saturated carbocycles. The molecule has 0 N–H and O–H groups in total. The maximum Gasteiger partial charge on any atom is 0.207 e. The van der Waals surface area contributed by atoms with Gasteiger partial charge in [0.05, 0.1) is 11.7 Å². The van der Waals surface area contributed by atoms with Crippen molar-refractivity contribution in [3.05, 3.63) is 81.9 Å². The predicted molar refractivity (Wildman–Crippen MR) is 117 cm³/mol. The number of carbonyl (C=O) groups is 1. The molecule has 0 radical (unpaired) electrons. The van der Waals surface area contributed by atoms with Crippen molar-refractivity contribution in [2.45, 2.75) is 20.4 Å². The highest BCUT2D eigenvalue weighted by atomic mass is 16.6. The van der Waals surface area contributed by atoms with Crippen LogP contribution in [0.2, 0.25) is 0 Å². The fourth-order valence-corrected chi connectivity index (χ4v) is 4.12. The molecule has 31 heavy (non-hydrogen) atoms. The molecular formula is C24H21N3O4. The van der Waals surface area contributed by atoms with Crippen molar-refractivity contribution >= 4 is 16.7 Å². The molecule has 5 rings (SSSR count). The van der Waals surface area contributed by atoms with Gasteiger partial charge in [-0.15, -0.1) is 0 Å². The number of ketones is 1. The number of hydrogen-bond donors (Lipinski definition) is 0. The molecule has 0 spiro atoms. The second-order valence-corrected chi connectivity index (χ2v) is 7.55. The maximum atomic E-state index is 13.2. The second kappa shape index (κ2) is 7.43. The van der Waals surface area contributed by atoms with Crippen LogP contribution in [0.5, 0.6) is 11.5 Å². The van der Waals surface area contributed by atoms with E-state index in [4.69, 9.17) is 9.47 Å². The summed E-state index contributed by atoms with van der Waals surface area (Å²) in [7, 11) is 0. The van der Waals surface area contributed by atoms with Crippen LogP contribution in [0, 0.1) is 13.8 Å². The zero-order valence-electron chi connectivity index (χ0n) is 17.3. The fraction of sp³-hybridized carbons (Fsp3) is 0.208. The Bertz CT molecular complexity index is 1380. The van der Waals surface area contributed by atoms with Crippen LogP contribution in [0.1, 0.15) is 21.7 Å². The van der Waals surface area contributed by atoms with Crippen molar-refractivity contribution in [3.8, 4) is 17.2 Å². The monoisotopic (exact) mass is 415 g/mol. The fourth-order valence-electron chi connectivity index (χ4n) is 4.12. The normalized spacial score (nSPS) is 12.8. The van der Waals surface area contributed by atoms with Gasteiger partial charge >= 0.3 is 0 Å². The number of aromatic nitrogens is 3. The largest absolute Gasteiger partial charge is 0.486 e. The van der Waals surface area contributed by atoms with Gasteiger partial charge in [0.15, 0.2) is 17.3 Å². The molecule has 0 atom stereocenters. The van der Waals surface area contributed by atoms with E-state index in [0.717, 1.165) is 22.8 Å². The van der Waals surface area contributed by atoms with Crippen LogP contribution in [0.15, 0.2) is 59.5 Å². The molecule has 0 unspecified atom stereocenters. The Kier molecular flexibility index (Phi) is 4.58. The Morgan fingerprint density at radius 3 is 2.65 bits per heavy atom. The van der Waals surface area contributed by atoms with Crippen LogP contribution >= 0.6 is 0 Å². The molecule has 7 nitrogen and oxygen atoms in total. The zero-order valence-corrected chi connectivity index (χ0v) is 17.3. The van der Waals surface area contributed by atoms with Gasteiger partial charge in [-0.05, 0) is 44.2 Å². The van der Waals surface area contributed by atoms with Crippen molar-refractivity contribution in [2.24, 2.45) is 0 Å². The number of carbonyl (C=O) groups excluding carboxylic acids is 1. The number of hydrogen-bond acceptors (Lipinski definition) is 5. The predicted octanol–water partition coefficient (Wildman–Crippen LogP) is 3.46. The molecular weight excluding hydrogens is 394 g/mol. The van der Waals surface area contributed by atoms with Gasteiger partial charge in [0.1, 0.15) is 19.8 Å². The van der Waals surface area contributed by atoms with E-state index in [0.29, 0.717) is 35.4 Å². The van der Waals surface area contributed by atoms with Crippen LogP contribution in [0.25, 0.3) is 16.6 Å². The van der Waals surface area contributed by atoms with Crippen LogP contribution in [0.3, 0.4) is 0 Å². The van der Waals surface area contributed by atoms with E-state index < -0.39 is 0 Å². The molecule has 7 heteroatoms. The quantitative estimate of drug-likeness (QED) is 0.477. The molecule has 2 aromatic heterocycles. The van der Waals surface area contributed by atoms with Crippen molar-refractivity contribution in [1.29, 1.82) is 0 Å². The summed E-state index contributed by atoms with van der Waals surface area (Å²) in [5, 5.41) is 4.73. The molecule has 2 aromatic carbocycles. The van der Waals surface area contributed by atoms with Gasteiger partial charge in [-0.25, -0.2) is 0 Å². The number of Topliss-reactive ketones (excluding diaryl/α,β-unsaturated/α-hetero) is 1. The Hall–Kier alpha value is -3.87. The summed E-state index contributed by atoms with van der Waals surface area (Å²) in [6, 6.07) is 14.8. The standard InChI is InChI=1S/C24H21N3O4/c1-15-11-19(16(2)27(15)17-7-8-23-24(12-17)31-10-9-30-23)22(29)14-26-20-6-4-3-5-18(20)21(28)13-25-26/h3-8,11-13H,9-10,14H2,1-2H3. The molecule has 156 valence electrons. The minimum atomic E-state index is -0.156. The highest BCUT2D eigenvalue weighted by Crippen LogP contribution is 2.33. The Balaban J connectivity index is 1.51. The number of rotatable bonds is 4. The van der Waals surface area contributed by atoms with E-state index in [2.05, 4.69) is 5.10 Å². The van der Waals surface area contributed by atoms with Gasteiger partial charge in [0, 0.05) is 34.1 Å². The lowest BCUT2D eigenvalue weighted by Crippen LogP contribution is -2.18. The number of fused-ring (bicyclic) bond motifs is 2. The molecule has 0 bridgehead atoms. The van der Waals surface area contributed by atoms with Gasteiger partial charge in [-0.2, -0.15) is 5.10 Å². The molecule has 0 saturated heterocycles. The molecule has 0 fully saturated rings. The lowest BCUT2D eigenvalue weighted by Gasteiger charge is -2.20. The first-order valence-electron chi connectivity index (χ1n) is 10.1. The van der Waals surface area contributed by atoms with Crippen LogP contribution in [-0.2, 0) is 6.54 Å². The lowest BCUT2D eigenvalue weighted by atomic mass is 10.1. The van der Waals surface area contributed by atoms with Crippen LogP contribution in [0.4, 0.5) is 0 Å². The highest BCUT2D eigenvalue weighted by molar-refractivity contribution is 5.98. The maximum absolute atomic E-state index is 13.2. The van der Waals surface area contributed by atoms with Gasteiger partial charge in [-0.1, -0.05) is 12.1 Å². The number of benzene rings is 2. The number of aryl methyl sites for hydroxylation is 1. The SMILES string of the molecule is Cc1cc(C(=O)Cn2ncc(=O)c3ccccc32)c(C)n1-c1ccc2c(c1)OCCO2. The summed E-state index contributed by atoms with van der Waals surface area (Å²) in [6.45, 7) is 5.00. The zero-order chi connectivity index (χ0) is 21.5. The third-order valence-electron chi connectivity index (χ3n) is 5.57. The van der Waals surface area contributed by atoms with Crippen LogP contribution < -0.4 is 14.9 Å². The van der Waals surface area contributed by atoms with E-state index in [9.17, 15) is 9.59 Å². The van der Waals surface area contributed by atoms with E-state index in [-0.39, 0.29) is 17.8 Å². The van der Waals surface area contributed by atoms with Gasteiger partial charge < -0.3 is 14.0 Å². The summed E-state index contributed by atoms with van der Waals surface area (Å²) in [6.07, 6.45) is 1.26. The minimum absolute atomic E-state index is 0.0478. The minimum Gasteiger partial charge on any atom is -0.486 e. The third-order valence-corrected chi connectivity index (χ3v) is 5.57. The van der Waals surface area contributed by atoms with E-state index >= 15 is 0 Å². The summed E-state index contributed by atoms with van der Waals surface area (Å²) in [5.74, 6) is 1.36. The molecule has 0 aliphatic carbocycles. The average molecular weight is 415 g/mol. The first kappa shape index (κ1) is 19.1. The van der Waals surface area contributed by atoms with Crippen molar-refractivity contribution < 1.29 is 14.3 Å². The Morgan fingerprint density at radius 1 is 1.03 bits per heavy atom. The summed E-state index contributed by atoms with van der Waals surface area (Å²) >= 11 is 0. The van der Waals surface area contributed by atoms with E-state index in [1.54, 1.807) is 22.9 Å². The first-order chi connectivity index (χ1) is 15.0. The molecule has 4 aromatic rings. The van der Waals surface area contributed by atoms with Gasteiger partial charge in [0.2, 0.25) is 5.43 Å². The Labute approximate surface area is 178 Å². The summed E-state index contributed by atoms with van der Waals surface area (Å²) in [4.78, 5) is 25.3. The third kappa shape index (κ3) is 3.28. The number of ether oxygens (including phenoxy) is 2. The number of nitrogens with zero attached hydrogens (tertiary/aromatic N) is 3. The van der Waals surface area contributed by atoms with Crippen molar-refractivity contribution in [2.75, 3.05) is 13.2 Å². The van der Waals surface area contributed by atoms with E-state index in [1.165, 1.54) is 6.20 Å². The second-order valence-electron chi connectivity index (χ2n) is 7.55. The average Bonchev–Trinajstić information content (AvgIpc) is 3.09. The highest BCUT2D eigenvalue weighted by Gasteiger charge is 2.20. The van der Waals surface area contributed by atoms with Crippen molar-refractivity contribution in [3.63, 3.8) is 0 Å². The Morgan fingerprint density at radius 2 is 1.81 bits per heavy atom. The summed E-state index contributed by atoms with van der Waals surface area (Å²) in [5.41, 5.74) is 3.79. The molecule has 0 amide bonds.